The highest BCUT2D eigenvalue weighted by molar-refractivity contribution is 5.32. The van der Waals surface area contributed by atoms with Crippen LogP contribution in [0, 0.1) is 0 Å². The zero-order valence-corrected chi connectivity index (χ0v) is 15.7. The Labute approximate surface area is 163 Å². The van der Waals surface area contributed by atoms with Gasteiger partial charge in [-0.05, 0) is 24.0 Å². The summed E-state index contributed by atoms with van der Waals surface area (Å²) in [6.45, 7) is 3.88. The second kappa shape index (κ2) is 6.46. The predicted octanol–water partition coefficient (Wildman–Crippen LogP) is 6.31. The fraction of sp³-hybridized carbons (Fsp3) is 0.667. The molecule has 0 bridgehead atoms. The molecule has 1 aromatic rings. The summed E-state index contributed by atoms with van der Waals surface area (Å²) < 4.78 is 152. The van der Waals surface area contributed by atoms with Crippen LogP contribution in [0.4, 0.5) is 48.3 Å². The lowest BCUT2D eigenvalue weighted by atomic mass is 9.67. The highest BCUT2D eigenvalue weighted by atomic mass is 19.4. The summed E-state index contributed by atoms with van der Waals surface area (Å²) in [5.74, 6) is -35.7. The third-order valence-electron chi connectivity index (χ3n) is 5.36. The molecule has 0 amide bonds. The summed E-state index contributed by atoms with van der Waals surface area (Å²) in [6.07, 6.45) is -2.72. The van der Waals surface area contributed by atoms with Crippen LogP contribution in [0.3, 0.4) is 0 Å². The first kappa shape index (κ1) is 24.7. The summed E-state index contributed by atoms with van der Waals surface area (Å²) in [5, 5.41) is 10.3. The first-order chi connectivity index (χ1) is 13.1. The smallest absolute Gasteiger partial charge is 0.384 e. The van der Waals surface area contributed by atoms with E-state index in [-0.39, 0.29) is 5.92 Å². The number of halogens is 11. The van der Waals surface area contributed by atoms with Gasteiger partial charge in [-0.15, -0.1) is 0 Å². The Hall–Kier alpha value is -1.59. The van der Waals surface area contributed by atoms with Gasteiger partial charge in [-0.1, -0.05) is 38.1 Å². The van der Waals surface area contributed by atoms with Gasteiger partial charge in [0.05, 0.1) is 5.60 Å². The molecule has 0 heterocycles. The van der Waals surface area contributed by atoms with E-state index in [4.69, 9.17) is 0 Å². The Morgan fingerprint density at radius 3 is 1.37 bits per heavy atom. The van der Waals surface area contributed by atoms with Crippen molar-refractivity contribution in [3.05, 3.63) is 35.4 Å². The van der Waals surface area contributed by atoms with Gasteiger partial charge in [0.1, 0.15) is 0 Å². The summed E-state index contributed by atoms with van der Waals surface area (Å²) in [5.41, 5.74) is -9.32. The molecule has 1 aromatic carbocycles. The van der Waals surface area contributed by atoms with Crippen LogP contribution in [-0.4, -0.2) is 40.4 Å². The zero-order chi connectivity index (χ0) is 23.8. The van der Waals surface area contributed by atoms with Gasteiger partial charge in [0, 0.05) is 6.42 Å². The van der Waals surface area contributed by atoms with Gasteiger partial charge in [0.25, 0.3) is 5.67 Å². The molecular weight excluding hydrogens is 441 g/mol. The minimum absolute atomic E-state index is 0.0943. The molecule has 0 aromatic heterocycles. The number of hydrogen-bond acceptors (Lipinski definition) is 1. The number of aliphatic hydroxyl groups is 1. The van der Waals surface area contributed by atoms with Gasteiger partial charge in [-0.25, -0.2) is 4.39 Å². The van der Waals surface area contributed by atoms with Crippen molar-refractivity contribution in [3.63, 3.8) is 0 Å². The molecule has 0 radical (unpaired) electrons. The van der Waals surface area contributed by atoms with Crippen molar-refractivity contribution in [2.75, 3.05) is 0 Å². The van der Waals surface area contributed by atoms with E-state index in [0.29, 0.717) is 12.5 Å². The van der Waals surface area contributed by atoms with E-state index in [0.717, 1.165) is 12.1 Å². The molecule has 0 aliphatic heterocycles. The number of alkyl halides is 11. The number of rotatable bonds is 4. The lowest BCUT2D eigenvalue weighted by molar-refractivity contribution is -0.488. The standard InChI is InChI=1S/C18H17F11O/c1-9(2)10-4-6-11(7-5-10)12(3,30)8-13(19)14(20,21)16(24,25)18(28,29)17(26,27)15(13,22)23/h4-7,9,30H,8H2,1-3H3. The van der Waals surface area contributed by atoms with Gasteiger partial charge in [-0.2, -0.15) is 43.9 Å². The topological polar surface area (TPSA) is 20.2 Å². The molecule has 12 heteroatoms. The monoisotopic (exact) mass is 458 g/mol. The molecule has 1 nitrogen and oxygen atoms in total. The maximum atomic E-state index is 14.9. The van der Waals surface area contributed by atoms with Crippen LogP contribution in [0.15, 0.2) is 24.3 Å². The van der Waals surface area contributed by atoms with Gasteiger partial charge in [-0.3, -0.25) is 0 Å². The molecule has 0 saturated heterocycles. The summed E-state index contributed by atoms with van der Waals surface area (Å²) >= 11 is 0. The molecule has 172 valence electrons. The molecule has 1 unspecified atom stereocenters. The SMILES string of the molecule is CC(C)c1ccc(C(C)(O)CC2(F)C(F)(F)C(F)(F)C(F)(F)C(F)(F)C2(F)F)cc1. The van der Waals surface area contributed by atoms with E-state index in [1.54, 1.807) is 13.8 Å². The maximum Gasteiger partial charge on any atom is 0.384 e. The van der Waals surface area contributed by atoms with Gasteiger partial charge < -0.3 is 5.11 Å². The average Bonchev–Trinajstić information content (AvgIpc) is 2.59. The molecular formula is C18H17F11O. The third kappa shape index (κ3) is 2.77. The van der Waals surface area contributed by atoms with Crippen molar-refractivity contribution in [2.24, 2.45) is 0 Å². The fourth-order valence-corrected chi connectivity index (χ4v) is 3.31. The Morgan fingerprint density at radius 1 is 0.700 bits per heavy atom. The van der Waals surface area contributed by atoms with Crippen molar-refractivity contribution in [3.8, 4) is 0 Å². The van der Waals surface area contributed by atoms with Crippen LogP contribution in [0.5, 0.6) is 0 Å². The minimum atomic E-state index is -7.27. The predicted molar refractivity (Wildman–Crippen MR) is 83.3 cm³/mol. The van der Waals surface area contributed by atoms with Crippen molar-refractivity contribution >= 4 is 0 Å². The lowest BCUT2D eigenvalue weighted by Gasteiger charge is -2.53. The molecule has 30 heavy (non-hydrogen) atoms. The van der Waals surface area contributed by atoms with Crippen LogP contribution in [0.25, 0.3) is 0 Å². The average molecular weight is 458 g/mol. The lowest BCUT2D eigenvalue weighted by Crippen LogP contribution is -2.84. The Bertz CT molecular complexity index is 767. The van der Waals surface area contributed by atoms with E-state index in [1.165, 1.54) is 12.1 Å². The zero-order valence-electron chi connectivity index (χ0n) is 15.7. The molecule has 1 saturated carbocycles. The van der Waals surface area contributed by atoms with Gasteiger partial charge >= 0.3 is 29.6 Å². The molecule has 0 spiro atoms. The number of benzene rings is 1. The molecule has 2 rings (SSSR count). The Morgan fingerprint density at radius 2 is 1.03 bits per heavy atom. The van der Waals surface area contributed by atoms with Gasteiger partial charge in [0.2, 0.25) is 0 Å². The van der Waals surface area contributed by atoms with Crippen LogP contribution in [0.2, 0.25) is 0 Å². The van der Waals surface area contributed by atoms with Crippen molar-refractivity contribution in [1.82, 2.24) is 0 Å². The van der Waals surface area contributed by atoms with Crippen molar-refractivity contribution in [1.29, 1.82) is 0 Å². The summed E-state index contributed by atoms with van der Waals surface area (Å²) in [4.78, 5) is 0. The first-order valence-electron chi connectivity index (χ1n) is 8.52. The van der Waals surface area contributed by atoms with Crippen LogP contribution >= 0.6 is 0 Å². The molecule has 1 atom stereocenters. The Kier molecular flexibility index (Phi) is 5.31. The third-order valence-corrected chi connectivity index (χ3v) is 5.36. The van der Waals surface area contributed by atoms with E-state index in [2.05, 4.69) is 0 Å². The molecule has 1 aliphatic rings. The number of hydrogen-bond donors (Lipinski definition) is 1. The molecule has 1 N–H and O–H groups in total. The second-order valence-corrected chi connectivity index (χ2v) is 7.90. The molecule has 1 fully saturated rings. The summed E-state index contributed by atoms with van der Waals surface area (Å²) in [6, 6.07) is 4.47. The van der Waals surface area contributed by atoms with E-state index in [9.17, 15) is 53.4 Å². The van der Waals surface area contributed by atoms with Crippen molar-refractivity contribution < 1.29 is 53.4 Å². The highest BCUT2D eigenvalue weighted by Gasteiger charge is 3.01. The van der Waals surface area contributed by atoms with Gasteiger partial charge in [0.15, 0.2) is 0 Å². The van der Waals surface area contributed by atoms with Crippen molar-refractivity contribution in [2.45, 2.75) is 74.0 Å². The first-order valence-corrected chi connectivity index (χ1v) is 8.52. The van der Waals surface area contributed by atoms with E-state index < -0.39 is 52.9 Å². The summed E-state index contributed by atoms with van der Waals surface area (Å²) in [7, 11) is 0. The van der Waals surface area contributed by atoms with E-state index >= 15 is 0 Å². The van der Waals surface area contributed by atoms with Crippen LogP contribution in [0.1, 0.15) is 44.2 Å². The largest absolute Gasteiger partial charge is 0.385 e. The fourth-order valence-electron chi connectivity index (χ4n) is 3.31. The van der Waals surface area contributed by atoms with E-state index in [1.807, 2.05) is 0 Å². The normalized spacial score (nSPS) is 27.5. The maximum absolute atomic E-state index is 14.9. The van der Waals surface area contributed by atoms with Crippen LogP contribution in [-0.2, 0) is 5.60 Å². The molecule has 1 aliphatic carbocycles. The Balaban J connectivity index is 2.65. The second-order valence-electron chi connectivity index (χ2n) is 7.90. The minimum Gasteiger partial charge on any atom is -0.385 e. The quantitative estimate of drug-likeness (QED) is 0.525. The van der Waals surface area contributed by atoms with Crippen LogP contribution < -0.4 is 0 Å². The highest BCUT2D eigenvalue weighted by Crippen LogP contribution is 2.71.